The van der Waals surface area contributed by atoms with Gasteiger partial charge in [-0.2, -0.15) is 5.26 Å². The standard InChI is InChI=1S/C8H5IN2O2/c9-6-1-5(8(12)13)2-7(3-6)11-4-10/h1-3,11H,(H,12,13). The molecule has 4 nitrogen and oxygen atoms in total. The van der Waals surface area contributed by atoms with E-state index in [1.807, 2.05) is 22.6 Å². The van der Waals surface area contributed by atoms with Crippen LogP contribution in [0.1, 0.15) is 10.4 Å². The van der Waals surface area contributed by atoms with E-state index in [-0.39, 0.29) is 5.56 Å². The fourth-order valence-electron chi connectivity index (χ4n) is 0.850. The monoisotopic (exact) mass is 288 g/mol. The molecule has 0 atom stereocenters. The summed E-state index contributed by atoms with van der Waals surface area (Å²) in [6.45, 7) is 0. The van der Waals surface area contributed by atoms with Crippen LogP contribution >= 0.6 is 22.6 Å². The Hall–Kier alpha value is -1.29. The number of nitriles is 1. The minimum atomic E-state index is -1.00. The van der Waals surface area contributed by atoms with Crippen LogP contribution in [0.5, 0.6) is 0 Å². The highest BCUT2D eigenvalue weighted by atomic mass is 127. The maximum Gasteiger partial charge on any atom is 0.335 e. The average Bonchev–Trinajstić information content (AvgIpc) is 2.03. The van der Waals surface area contributed by atoms with E-state index in [2.05, 4.69) is 5.32 Å². The summed E-state index contributed by atoms with van der Waals surface area (Å²) in [6.07, 6.45) is 1.73. The third-order valence-electron chi connectivity index (χ3n) is 1.34. The van der Waals surface area contributed by atoms with E-state index in [0.717, 1.165) is 3.57 Å². The number of halogens is 1. The summed E-state index contributed by atoms with van der Waals surface area (Å²) in [5.74, 6) is -1.00. The number of benzene rings is 1. The van der Waals surface area contributed by atoms with Gasteiger partial charge >= 0.3 is 5.97 Å². The van der Waals surface area contributed by atoms with Crippen molar-refractivity contribution in [3.05, 3.63) is 27.3 Å². The van der Waals surface area contributed by atoms with Crippen LogP contribution in [0.2, 0.25) is 0 Å². The molecule has 0 aromatic heterocycles. The molecule has 1 rings (SSSR count). The van der Waals surface area contributed by atoms with Crippen molar-refractivity contribution in [1.29, 1.82) is 5.26 Å². The van der Waals surface area contributed by atoms with Crippen molar-refractivity contribution < 1.29 is 9.90 Å². The van der Waals surface area contributed by atoms with Crippen LogP contribution in [0.4, 0.5) is 5.69 Å². The van der Waals surface area contributed by atoms with E-state index in [4.69, 9.17) is 10.4 Å². The molecule has 0 radical (unpaired) electrons. The quantitative estimate of drug-likeness (QED) is 0.495. The van der Waals surface area contributed by atoms with Gasteiger partial charge in [0.2, 0.25) is 0 Å². The van der Waals surface area contributed by atoms with Gasteiger partial charge in [0.05, 0.1) is 5.56 Å². The Balaban J connectivity index is 3.12. The number of carboxylic acids is 1. The molecule has 13 heavy (non-hydrogen) atoms. The maximum absolute atomic E-state index is 10.6. The van der Waals surface area contributed by atoms with Crippen LogP contribution in [0.3, 0.4) is 0 Å². The molecule has 0 saturated heterocycles. The molecule has 1 aromatic carbocycles. The van der Waals surface area contributed by atoms with Crippen molar-refractivity contribution in [2.75, 3.05) is 5.32 Å². The minimum Gasteiger partial charge on any atom is -0.478 e. The SMILES string of the molecule is N#CNc1cc(I)cc(C(=O)O)c1. The fourth-order valence-corrected chi connectivity index (χ4v) is 1.52. The van der Waals surface area contributed by atoms with Gasteiger partial charge in [-0.25, -0.2) is 4.79 Å². The number of aromatic carboxylic acids is 1. The van der Waals surface area contributed by atoms with Crippen molar-refractivity contribution in [3.63, 3.8) is 0 Å². The number of rotatable bonds is 2. The lowest BCUT2D eigenvalue weighted by Gasteiger charge is -2.00. The largest absolute Gasteiger partial charge is 0.478 e. The minimum absolute atomic E-state index is 0.171. The summed E-state index contributed by atoms with van der Waals surface area (Å²) < 4.78 is 0.773. The summed E-state index contributed by atoms with van der Waals surface area (Å²) in [5, 5.41) is 19.4. The summed E-state index contributed by atoms with van der Waals surface area (Å²) in [4.78, 5) is 10.6. The van der Waals surface area contributed by atoms with Crippen molar-refractivity contribution in [2.45, 2.75) is 0 Å². The van der Waals surface area contributed by atoms with Gasteiger partial charge in [0.1, 0.15) is 0 Å². The van der Waals surface area contributed by atoms with E-state index >= 15 is 0 Å². The lowest BCUT2D eigenvalue weighted by atomic mass is 10.2. The number of carbonyl (C=O) groups is 1. The number of hydrogen-bond donors (Lipinski definition) is 2. The van der Waals surface area contributed by atoms with Gasteiger partial charge in [-0.1, -0.05) is 0 Å². The predicted octanol–water partition coefficient (Wildman–Crippen LogP) is 1.88. The number of hydrogen-bond acceptors (Lipinski definition) is 3. The topological polar surface area (TPSA) is 73.1 Å². The first-order valence-corrected chi connectivity index (χ1v) is 4.40. The molecule has 0 aliphatic rings. The summed E-state index contributed by atoms with van der Waals surface area (Å²) in [5.41, 5.74) is 0.663. The lowest BCUT2D eigenvalue weighted by Crippen LogP contribution is -1.98. The molecule has 0 fully saturated rings. The zero-order chi connectivity index (χ0) is 9.84. The molecule has 1 aromatic rings. The molecule has 2 N–H and O–H groups in total. The molecule has 0 spiro atoms. The lowest BCUT2D eigenvalue weighted by molar-refractivity contribution is 0.0697. The number of carboxylic acid groups (broad SMARTS) is 1. The van der Waals surface area contributed by atoms with Gasteiger partial charge in [0, 0.05) is 9.26 Å². The van der Waals surface area contributed by atoms with E-state index in [0.29, 0.717) is 5.69 Å². The highest BCUT2D eigenvalue weighted by Crippen LogP contribution is 2.16. The zero-order valence-electron chi connectivity index (χ0n) is 6.41. The fraction of sp³-hybridized carbons (Fsp3) is 0. The first-order valence-electron chi connectivity index (χ1n) is 3.32. The molecule has 0 bridgehead atoms. The third kappa shape index (κ3) is 2.59. The molecule has 66 valence electrons. The van der Waals surface area contributed by atoms with Crippen LogP contribution < -0.4 is 5.32 Å². The number of nitrogens with one attached hydrogen (secondary N) is 1. The number of anilines is 1. The Morgan fingerprint density at radius 1 is 1.54 bits per heavy atom. The molecule has 0 aliphatic carbocycles. The molecule has 5 heteroatoms. The summed E-state index contributed by atoms with van der Waals surface area (Å²) >= 11 is 1.99. The van der Waals surface area contributed by atoms with Crippen molar-refractivity contribution in [2.24, 2.45) is 0 Å². The number of nitrogens with zero attached hydrogens (tertiary/aromatic N) is 1. The second kappa shape index (κ2) is 4.09. The van der Waals surface area contributed by atoms with Gasteiger partial charge in [0.25, 0.3) is 0 Å². The van der Waals surface area contributed by atoms with Gasteiger partial charge in [0.15, 0.2) is 6.19 Å². The highest BCUT2D eigenvalue weighted by molar-refractivity contribution is 14.1. The van der Waals surface area contributed by atoms with Gasteiger partial charge in [-0.05, 0) is 40.8 Å². The van der Waals surface area contributed by atoms with E-state index < -0.39 is 5.97 Å². The maximum atomic E-state index is 10.6. The average molecular weight is 288 g/mol. The molecule has 0 unspecified atom stereocenters. The van der Waals surface area contributed by atoms with Gasteiger partial charge < -0.3 is 5.11 Å². The summed E-state index contributed by atoms with van der Waals surface area (Å²) in [6, 6.07) is 4.63. The molecule has 0 amide bonds. The van der Waals surface area contributed by atoms with E-state index in [1.165, 1.54) is 12.1 Å². The second-order valence-corrected chi connectivity index (χ2v) is 3.52. The Bertz CT molecular complexity index is 384. The normalized spacial score (nSPS) is 8.92. The Kier molecular flexibility index (Phi) is 3.08. The van der Waals surface area contributed by atoms with Crippen LogP contribution in [0.15, 0.2) is 18.2 Å². The molecule has 0 heterocycles. The van der Waals surface area contributed by atoms with Crippen molar-refractivity contribution >= 4 is 34.2 Å². The van der Waals surface area contributed by atoms with Gasteiger partial charge in [-0.15, -0.1) is 0 Å². The van der Waals surface area contributed by atoms with Crippen LogP contribution in [-0.4, -0.2) is 11.1 Å². The highest BCUT2D eigenvalue weighted by Gasteiger charge is 2.05. The first kappa shape index (κ1) is 9.80. The van der Waals surface area contributed by atoms with Gasteiger partial charge in [-0.3, -0.25) is 5.32 Å². The van der Waals surface area contributed by atoms with Crippen LogP contribution in [0, 0.1) is 15.0 Å². The predicted molar refractivity (Wildman–Crippen MR) is 55.4 cm³/mol. The molecular formula is C8H5IN2O2. The first-order chi connectivity index (χ1) is 6.13. The zero-order valence-corrected chi connectivity index (χ0v) is 8.57. The van der Waals surface area contributed by atoms with Crippen LogP contribution in [-0.2, 0) is 0 Å². The van der Waals surface area contributed by atoms with E-state index in [1.54, 1.807) is 12.3 Å². The van der Waals surface area contributed by atoms with E-state index in [9.17, 15) is 4.79 Å². The molecular weight excluding hydrogens is 283 g/mol. The molecule has 0 saturated carbocycles. The smallest absolute Gasteiger partial charge is 0.335 e. The van der Waals surface area contributed by atoms with Crippen LogP contribution in [0.25, 0.3) is 0 Å². The Morgan fingerprint density at radius 2 is 2.23 bits per heavy atom. The Labute approximate surface area is 88.3 Å². The Morgan fingerprint density at radius 3 is 2.77 bits per heavy atom. The second-order valence-electron chi connectivity index (χ2n) is 2.27. The third-order valence-corrected chi connectivity index (χ3v) is 1.97. The van der Waals surface area contributed by atoms with Crippen molar-refractivity contribution in [1.82, 2.24) is 0 Å². The summed E-state index contributed by atoms with van der Waals surface area (Å²) in [7, 11) is 0. The van der Waals surface area contributed by atoms with Crippen molar-refractivity contribution in [3.8, 4) is 6.19 Å². The molecule has 0 aliphatic heterocycles.